The first-order chi connectivity index (χ1) is 11.8. The average Bonchev–Trinajstić information content (AvgIpc) is 2.80. The number of hydrogen-bond acceptors (Lipinski definition) is 4. The standard InChI is InChI=1S/C17H26ClN3O3S/c1-25(23,24)20-14-7-8-16(18)15(13-14)17(22)19-9-6-12-21-10-4-2-3-5-11-21/h7-8,13,20H,2-6,9-12H2,1H3,(H,19,22). The summed E-state index contributed by atoms with van der Waals surface area (Å²) in [5.74, 6) is -0.294. The van der Waals surface area contributed by atoms with E-state index < -0.39 is 10.0 Å². The van der Waals surface area contributed by atoms with Crippen molar-refractivity contribution in [2.75, 3.05) is 37.2 Å². The smallest absolute Gasteiger partial charge is 0.252 e. The number of likely N-dealkylation sites (tertiary alicyclic amines) is 1. The molecule has 0 saturated carbocycles. The SMILES string of the molecule is CS(=O)(=O)Nc1ccc(Cl)c(C(=O)NCCCN2CCCCCC2)c1. The van der Waals surface area contributed by atoms with Crippen molar-refractivity contribution in [1.29, 1.82) is 0 Å². The molecule has 1 aliphatic rings. The Morgan fingerprint density at radius 1 is 1.20 bits per heavy atom. The highest BCUT2D eigenvalue weighted by atomic mass is 35.5. The van der Waals surface area contributed by atoms with Gasteiger partial charge < -0.3 is 10.2 Å². The molecule has 1 fully saturated rings. The van der Waals surface area contributed by atoms with Crippen LogP contribution in [0.4, 0.5) is 5.69 Å². The van der Waals surface area contributed by atoms with E-state index in [1.807, 2.05) is 0 Å². The van der Waals surface area contributed by atoms with Crippen molar-refractivity contribution in [2.24, 2.45) is 0 Å². The van der Waals surface area contributed by atoms with Crippen LogP contribution in [-0.2, 0) is 10.0 Å². The summed E-state index contributed by atoms with van der Waals surface area (Å²) in [6, 6.07) is 4.49. The summed E-state index contributed by atoms with van der Waals surface area (Å²) in [6.45, 7) is 3.82. The molecule has 0 unspecified atom stereocenters. The molecule has 0 radical (unpaired) electrons. The van der Waals surface area contributed by atoms with Crippen molar-refractivity contribution in [3.8, 4) is 0 Å². The molecule has 1 aromatic carbocycles. The number of benzene rings is 1. The molecule has 2 N–H and O–H groups in total. The fourth-order valence-corrected chi connectivity index (χ4v) is 3.69. The number of hydrogen-bond donors (Lipinski definition) is 2. The van der Waals surface area contributed by atoms with Gasteiger partial charge in [0, 0.05) is 12.2 Å². The van der Waals surface area contributed by atoms with E-state index in [9.17, 15) is 13.2 Å². The Morgan fingerprint density at radius 2 is 1.88 bits per heavy atom. The van der Waals surface area contributed by atoms with Gasteiger partial charge in [-0.25, -0.2) is 8.42 Å². The van der Waals surface area contributed by atoms with Gasteiger partial charge in [0.1, 0.15) is 0 Å². The van der Waals surface area contributed by atoms with Gasteiger partial charge in [0.15, 0.2) is 0 Å². The molecule has 0 aromatic heterocycles. The Balaban J connectivity index is 1.84. The van der Waals surface area contributed by atoms with E-state index in [-0.39, 0.29) is 11.5 Å². The molecule has 1 amide bonds. The van der Waals surface area contributed by atoms with Crippen LogP contribution in [0.1, 0.15) is 42.5 Å². The van der Waals surface area contributed by atoms with Gasteiger partial charge in [0.2, 0.25) is 10.0 Å². The van der Waals surface area contributed by atoms with Crippen LogP contribution >= 0.6 is 11.6 Å². The summed E-state index contributed by atoms with van der Waals surface area (Å²) < 4.78 is 25.0. The minimum Gasteiger partial charge on any atom is -0.352 e. The monoisotopic (exact) mass is 387 g/mol. The van der Waals surface area contributed by atoms with Gasteiger partial charge >= 0.3 is 0 Å². The summed E-state index contributed by atoms with van der Waals surface area (Å²) in [4.78, 5) is 14.8. The number of nitrogens with zero attached hydrogens (tertiary/aromatic N) is 1. The van der Waals surface area contributed by atoms with Crippen LogP contribution in [0, 0.1) is 0 Å². The Hall–Kier alpha value is -1.31. The maximum absolute atomic E-state index is 12.3. The van der Waals surface area contributed by atoms with Crippen LogP contribution in [0.3, 0.4) is 0 Å². The van der Waals surface area contributed by atoms with Gasteiger partial charge in [-0.2, -0.15) is 0 Å². The second kappa shape index (κ2) is 9.40. The van der Waals surface area contributed by atoms with E-state index in [4.69, 9.17) is 11.6 Å². The second-order valence-corrected chi connectivity index (χ2v) is 8.59. The zero-order valence-corrected chi connectivity index (χ0v) is 16.1. The quantitative estimate of drug-likeness (QED) is 0.705. The predicted octanol–water partition coefficient (Wildman–Crippen LogP) is 2.71. The number of sulfonamides is 1. The van der Waals surface area contributed by atoms with Crippen LogP contribution in [0.2, 0.25) is 5.02 Å². The van der Waals surface area contributed by atoms with E-state index in [0.29, 0.717) is 17.3 Å². The zero-order valence-electron chi connectivity index (χ0n) is 14.6. The van der Waals surface area contributed by atoms with Gasteiger partial charge in [-0.3, -0.25) is 9.52 Å². The number of rotatable bonds is 7. The van der Waals surface area contributed by atoms with Gasteiger partial charge in [0.25, 0.3) is 5.91 Å². The minimum atomic E-state index is -3.40. The summed E-state index contributed by atoms with van der Waals surface area (Å²) in [5.41, 5.74) is 0.590. The van der Waals surface area contributed by atoms with Crippen LogP contribution in [0.25, 0.3) is 0 Å². The number of carbonyl (C=O) groups excluding carboxylic acids is 1. The number of carbonyl (C=O) groups is 1. The maximum atomic E-state index is 12.3. The normalized spacial score (nSPS) is 16.2. The lowest BCUT2D eigenvalue weighted by molar-refractivity contribution is 0.0952. The van der Waals surface area contributed by atoms with Crippen molar-refractivity contribution in [2.45, 2.75) is 32.1 Å². The van der Waals surface area contributed by atoms with Crippen molar-refractivity contribution < 1.29 is 13.2 Å². The van der Waals surface area contributed by atoms with E-state index in [0.717, 1.165) is 32.3 Å². The highest BCUT2D eigenvalue weighted by molar-refractivity contribution is 7.92. The number of amides is 1. The van der Waals surface area contributed by atoms with Crippen molar-refractivity contribution in [3.63, 3.8) is 0 Å². The molecule has 6 nitrogen and oxygen atoms in total. The lowest BCUT2D eigenvalue weighted by Crippen LogP contribution is -2.30. The molecular formula is C17H26ClN3O3S. The van der Waals surface area contributed by atoms with Crippen molar-refractivity contribution in [1.82, 2.24) is 10.2 Å². The molecule has 25 heavy (non-hydrogen) atoms. The molecule has 0 atom stereocenters. The first-order valence-electron chi connectivity index (χ1n) is 8.63. The molecular weight excluding hydrogens is 362 g/mol. The van der Waals surface area contributed by atoms with Crippen LogP contribution in [0.5, 0.6) is 0 Å². The number of anilines is 1. The topological polar surface area (TPSA) is 78.5 Å². The molecule has 8 heteroatoms. The van der Waals surface area contributed by atoms with E-state index in [2.05, 4.69) is 14.9 Å². The molecule has 0 bridgehead atoms. The van der Waals surface area contributed by atoms with E-state index in [1.165, 1.54) is 43.9 Å². The molecule has 1 heterocycles. The third kappa shape index (κ3) is 7.22. The van der Waals surface area contributed by atoms with E-state index >= 15 is 0 Å². The van der Waals surface area contributed by atoms with Crippen LogP contribution < -0.4 is 10.0 Å². The highest BCUT2D eigenvalue weighted by Gasteiger charge is 2.13. The first-order valence-corrected chi connectivity index (χ1v) is 10.9. The third-order valence-electron chi connectivity index (χ3n) is 4.15. The fourth-order valence-electron chi connectivity index (χ4n) is 2.94. The summed E-state index contributed by atoms with van der Waals surface area (Å²) in [7, 11) is -3.40. The molecule has 0 spiro atoms. The van der Waals surface area contributed by atoms with Gasteiger partial charge in [-0.1, -0.05) is 24.4 Å². The van der Waals surface area contributed by atoms with Gasteiger partial charge in [-0.15, -0.1) is 0 Å². The Bertz CT molecular complexity index is 686. The molecule has 0 aliphatic carbocycles. The Morgan fingerprint density at radius 3 is 2.52 bits per heavy atom. The fraction of sp³-hybridized carbons (Fsp3) is 0.588. The number of halogens is 1. The Labute approximate surface area is 155 Å². The lowest BCUT2D eigenvalue weighted by atomic mass is 10.2. The number of nitrogens with one attached hydrogen (secondary N) is 2. The molecule has 1 aromatic rings. The molecule has 1 saturated heterocycles. The summed E-state index contributed by atoms with van der Waals surface area (Å²) in [5, 5.41) is 3.15. The first kappa shape index (κ1) is 20.0. The van der Waals surface area contributed by atoms with Crippen LogP contribution in [0.15, 0.2) is 18.2 Å². The molecule has 140 valence electrons. The van der Waals surface area contributed by atoms with Gasteiger partial charge in [0.05, 0.1) is 16.8 Å². The lowest BCUT2D eigenvalue weighted by Gasteiger charge is -2.19. The largest absolute Gasteiger partial charge is 0.352 e. The second-order valence-electron chi connectivity index (χ2n) is 6.43. The van der Waals surface area contributed by atoms with Crippen molar-refractivity contribution >= 4 is 33.2 Å². The molecule has 1 aliphatic heterocycles. The van der Waals surface area contributed by atoms with Crippen molar-refractivity contribution in [3.05, 3.63) is 28.8 Å². The summed E-state index contributed by atoms with van der Waals surface area (Å²) >= 11 is 6.07. The Kier molecular flexibility index (Phi) is 7.53. The van der Waals surface area contributed by atoms with Crippen LogP contribution in [-0.4, -0.2) is 51.7 Å². The minimum absolute atomic E-state index is 0.269. The third-order valence-corrected chi connectivity index (χ3v) is 5.09. The predicted molar refractivity (Wildman–Crippen MR) is 102 cm³/mol. The van der Waals surface area contributed by atoms with Gasteiger partial charge in [-0.05, 0) is 57.1 Å². The molecule has 2 rings (SSSR count). The maximum Gasteiger partial charge on any atom is 0.252 e. The summed E-state index contributed by atoms with van der Waals surface area (Å²) in [6.07, 6.45) is 7.06. The average molecular weight is 388 g/mol. The highest BCUT2D eigenvalue weighted by Crippen LogP contribution is 2.21. The zero-order chi connectivity index (χ0) is 18.3. The van der Waals surface area contributed by atoms with E-state index in [1.54, 1.807) is 0 Å².